The fourth-order valence-corrected chi connectivity index (χ4v) is 3.80. The molecule has 0 saturated heterocycles. The molecule has 7 nitrogen and oxygen atoms in total. The fraction of sp³-hybridized carbons (Fsp3) is 0.136. The van der Waals surface area contributed by atoms with Crippen molar-refractivity contribution in [2.24, 2.45) is 0 Å². The zero-order valence-electron chi connectivity index (χ0n) is 16.2. The van der Waals surface area contributed by atoms with Crippen molar-refractivity contribution in [3.63, 3.8) is 0 Å². The van der Waals surface area contributed by atoms with Crippen LogP contribution in [0.4, 0.5) is 0 Å². The van der Waals surface area contributed by atoms with E-state index in [0.29, 0.717) is 41.8 Å². The molecule has 4 rings (SSSR count). The maximum atomic E-state index is 12.4. The Morgan fingerprint density at radius 3 is 2.77 bits per heavy atom. The summed E-state index contributed by atoms with van der Waals surface area (Å²) in [6, 6.07) is 14.8. The molecule has 3 heterocycles. The van der Waals surface area contributed by atoms with Crippen molar-refractivity contribution in [3.05, 3.63) is 90.6 Å². The highest BCUT2D eigenvalue weighted by Gasteiger charge is 2.16. The van der Waals surface area contributed by atoms with Crippen LogP contribution in [0.1, 0.15) is 21.7 Å². The molecule has 0 saturated carbocycles. The van der Waals surface area contributed by atoms with E-state index in [9.17, 15) is 4.79 Å². The van der Waals surface area contributed by atoms with Crippen LogP contribution in [-0.4, -0.2) is 20.7 Å². The van der Waals surface area contributed by atoms with Gasteiger partial charge in [0.25, 0.3) is 5.91 Å². The summed E-state index contributed by atoms with van der Waals surface area (Å²) in [5.74, 6) is 2.53. The molecule has 1 amide bonds. The number of nitrogens with zero attached hydrogens (tertiary/aromatic N) is 3. The Kier molecular flexibility index (Phi) is 6.14. The van der Waals surface area contributed by atoms with Gasteiger partial charge >= 0.3 is 0 Å². The van der Waals surface area contributed by atoms with Crippen LogP contribution in [-0.2, 0) is 18.8 Å². The standard InChI is InChI=1S/C22H20N4O3S/c1-2-10-26-20(19-9-5-12-29-19)24-25-22(26)30-15-16-6-3-7-17(13-16)21(27)23-14-18-8-4-11-28-18/h2-9,11-13H,1,10,14-15H2,(H,23,27). The van der Waals surface area contributed by atoms with Crippen molar-refractivity contribution in [1.29, 1.82) is 0 Å². The smallest absolute Gasteiger partial charge is 0.251 e. The molecular weight excluding hydrogens is 400 g/mol. The minimum Gasteiger partial charge on any atom is -0.467 e. The number of nitrogens with one attached hydrogen (secondary N) is 1. The molecule has 30 heavy (non-hydrogen) atoms. The van der Waals surface area contributed by atoms with Crippen LogP contribution >= 0.6 is 11.8 Å². The molecule has 0 aliphatic heterocycles. The molecule has 3 aromatic heterocycles. The van der Waals surface area contributed by atoms with Crippen LogP contribution in [0.25, 0.3) is 11.6 Å². The third kappa shape index (κ3) is 4.55. The quantitative estimate of drug-likeness (QED) is 0.316. The number of aromatic nitrogens is 3. The van der Waals surface area contributed by atoms with Gasteiger partial charge in [-0.25, -0.2) is 0 Å². The summed E-state index contributed by atoms with van der Waals surface area (Å²) in [4.78, 5) is 12.4. The Morgan fingerprint density at radius 1 is 1.13 bits per heavy atom. The highest BCUT2D eigenvalue weighted by atomic mass is 32.2. The number of thioether (sulfide) groups is 1. The van der Waals surface area contributed by atoms with Crippen molar-refractivity contribution < 1.29 is 13.6 Å². The van der Waals surface area contributed by atoms with Gasteiger partial charge in [-0.3, -0.25) is 9.36 Å². The monoisotopic (exact) mass is 420 g/mol. The molecule has 1 aromatic carbocycles. The van der Waals surface area contributed by atoms with Crippen LogP contribution in [0, 0.1) is 0 Å². The van der Waals surface area contributed by atoms with Crippen LogP contribution in [0.3, 0.4) is 0 Å². The van der Waals surface area contributed by atoms with E-state index < -0.39 is 0 Å². The van der Waals surface area contributed by atoms with Gasteiger partial charge in [-0.15, -0.1) is 16.8 Å². The van der Waals surface area contributed by atoms with Gasteiger partial charge in [-0.1, -0.05) is 30.0 Å². The minimum atomic E-state index is -0.145. The SMILES string of the molecule is C=CCn1c(SCc2cccc(C(=O)NCc3ccco3)c2)nnc1-c1ccco1. The molecule has 0 radical (unpaired) electrons. The molecule has 8 heteroatoms. The van der Waals surface area contributed by atoms with E-state index in [1.807, 2.05) is 41.0 Å². The van der Waals surface area contributed by atoms with Crippen LogP contribution < -0.4 is 5.32 Å². The van der Waals surface area contributed by atoms with Gasteiger partial charge in [-0.2, -0.15) is 0 Å². The Balaban J connectivity index is 1.43. The first-order chi connectivity index (χ1) is 14.7. The molecule has 152 valence electrons. The summed E-state index contributed by atoms with van der Waals surface area (Å²) in [5.41, 5.74) is 1.61. The molecule has 0 spiro atoms. The summed E-state index contributed by atoms with van der Waals surface area (Å²) in [7, 11) is 0. The molecular formula is C22H20N4O3S. The van der Waals surface area contributed by atoms with Crippen molar-refractivity contribution in [3.8, 4) is 11.6 Å². The molecule has 0 unspecified atom stereocenters. The zero-order chi connectivity index (χ0) is 20.8. The zero-order valence-corrected chi connectivity index (χ0v) is 17.0. The van der Waals surface area contributed by atoms with Gasteiger partial charge in [0.1, 0.15) is 5.76 Å². The number of hydrogen-bond acceptors (Lipinski definition) is 6. The predicted molar refractivity (Wildman–Crippen MR) is 114 cm³/mol. The van der Waals surface area contributed by atoms with Gasteiger partial charge in [0.15, 0.2) is 10.9 Å². The maximum Gasteiger partial charge on any atom is 0.251 e. The number of carbonyl (C=O) groups is 1. The Morgan fingerprint density at radius 2 is 2.00 bits per heavy atom. The lowest BCUT2D eigenvalue weighted by Gasteiger charge is -2.08. The van der Waals surface area contributed by atoms with Crippen molar-refractivity contribution >= 4 is 17.7 Å². The summed E-state index contributed by atoms with van der Waals surface area (Å²) >= 11 is 1.54. The number of carbonyl (C=O) groups excluding carboxylic acids is 1. The van der Waals surface area contributed by atoms with E-state index in [1.54, 1.807) is 42.5 Å². The van der Waals surface area contributed by atoms with E-state index in [1.165, 1.54) is 0 Å². The summed E-state index contributed by atoms with van der Waals surface area (Å²) in [6.07, 6.45) is 4.99. The van der Waals surface area contributed by atoms with Crippen molar-refractivity contribution in [2.75, 3.05) is 0 Å². The lowest BCUT2D eigenvalue weighted by molar-refractivity contribution is 0.0948. The predicted octanol–water partition coefficient (Wildman–Crippen LogP) is 4.54. The molecule has 0 aliphatic rings. The van der Waals surface area contributed by atoms with Crippen LogP contribution in [0.5, 0.6) is 0 Å². The van der Waals surface area contributed by atoms with E-state index in [-0.39, 0.29) is 5.91 Å². The lowest BCUT2D eigenvalue weighted by Crippen LogP contribution is -2.22. The lowest BCUT2D eigenvalue weighted by atomic mass is 10.1. The fourth-order valence-electron chi connectivity index (χ4n) is 2.91. The molecule has 1 N–H and O–H groups in total. The normalized spacial score (nSPS) is 10.8. The third-order valence-electron chi connectivity index (χ3n) is 4.33. The number of rotatable bonds is 9. The van der Waals surface area contributed by atoms with Gasteiger partial charge in [0.05, 0.1) is 19.1 Å². The highest BCUT2D eigenvalue weighted by molar-refractivity contribution is 7.98. The van der Waals surface area contributed by atoms with Crippen molar-refractivity contribution in [1.82, 2.24) is 20.1 Å². The van der Waals surface area contributed by atoms with Crippen LogP contribution in [0.15, 0.2) is 87.7 Å². The summed E-state index contributed by atoms with van der Waals surface area (Å²) < 4.78 is 12.7. The van der Waals surface area contributed by atoms with Gasteiger partial charge in [0, 0.05) is 17.9 Å². The number of furan rings is 2. The highest BCUT2D eigenvalue weighted by Crippen LogP contribution is 2.27. The van der Waals surface area contributed by atoms with Crippen molar-refractivity contribution in [2.45, 2.75) is 24.0 Å². The average Bonchev–Trinajstić information content (AvgIpc) is 3.53. The van der Waals surface area contributed by atoms with Gasteiger partial charge < -0.3 is 14.2 Å². The second-order valence-electron chi connectivity index (χ2n) is 6.43. The Bertz CT molecular complexity index is 1120. The van der Waals surface area contributed by atoms with E-state index in [2.05, 4.69) is 22.1 Å². The van der Waals surface area contributed by atoms with E-state index in [0.717, 1.165) is 10.7 Å². The summed E-state index contributed by atoms with van der Waals surface area (Å²) in [6.45, 7) is 4.74. The van der Waals surface area contributed by atoms with E-state index >= 15 is 0 Å². The first-order valence-corrected chi connectivity index (χ1v) is 10.3. The molecule has 0 fully saturated rings. The molecule has 4 aromatic rings. The third-order valence-corrected chi connectivity index (χ3v) is 5.37. The second kappa shape index (κ2) is 9.32. The molecule has 0 bridgehead atoms. The molecule has 0 aliphatic carbocycles. The average molecular weight is 420 g/mol. The first kappa shape index (κ1) is 19.8. The molecule has 0 atom stereocenters. The Labute approximate surface area is 177 Å². The second-order valence-corrected chi connectivity index (χ2v) is 7.38. The van der Waals surface area contributed by atoms with E-state index in [4.69, 9.17) is 8.83 Å². The largest absolute Gasteiger partial charge is 0.467 e. The summed E-state index contributed by atoms with van der Waals surface area (Å²) in [5, 5.41) is 12.2. The number of amides is 1. The van der Waals surface area contributed by atoms with Crippen LogP contribution in [0.2, 0.25) is 0 Å². The van der Waals surface area contributed by atoms with Gasteiger partial charge in [0.2, 0.25) is 5.82 Å². The Hall–Kier alpha value is -3.52. The number of allylic oxidation sites excluding steroid dienone is 1. The minimum absolute atomic E-state index is 0.145. The van der Waals surface area contributed by atoms with Gasteiger partial charge in [-0.05, 0) is 42.0 Å². The number of hydrogen-bond donors (Lipinski definition) is 1. The number of benzene rings is 1. The first-order valence-electron chi connectivity index (χ1n) is 9.35. The topological polar surface area (TPSA) is 86.1 Å². The maximum absolute atomic E-state index is 12.4.